The summed E-state index contributed by atoms with van der Waals surface area (Å²) in [5.41, 5.74) is 6.97. The summed E-state index contributed by atoms with van der Waals surface area (Å²) in [6.45, 7) is 0.765. The van der Waals surface area contributed by atoms with Crippen LogP contribution in [0.4, 0.5) is 11.4 Å². The van der Waals surface area contributed by atoms with Gasteiger partial charge in [0.15, 0.2) is 18.1 Å². The third-order valence-corrected chi connectivity index (χ3v) is 3.51. The van der Waals surface area contributed by atoms with Crippen molar-refractivity contribution in [3.05, 3.63) is 48.0 Å². The number of nitrogens with one attached hydrogen (secondary N) is 1. The number of esters is 1. The number of rotatable bonds is 4. The quantitative estimate of drug-likeness (QED) is 0.653. The average molecular weight is 342 g/mol. The van der Waals surface area contributed by atoms with Crippen LogP contribution in [-0.2, 0) is 9.53 Å². The fourth-order valence-electron chi connectivity index (χ4n) is 2.27. The molecular weight excluding hydrogens is 324 g/mol. The molecule has 1 amide bonds. The molecule has 3 rings (SSSR count). The fraction of sp³-hybridized carbons (Fsp3) is 0.222. The van der Waals surface area contributed by atoms with Gasteiger partial charge in [-0.05, 0) is 36.4 Å². The number of hydrogen-bond acceptors (Lipinski definition) is 6. The summed E-state index contributed by atoms with van der Waals surface area (Å²) < 4.78 is 16.1. The van der Waals surface area contributed by atoms with Crippen LogP contribution < -0.4 is 20.5 Å². The van der Waals surface area contributed by atoms with Crippen LogP contribution in [0.3, 0.4) is 0 Å². The van der Waals surface area contributed by atoms with Gasteiger partial charge in [-0.3, -0.25) is 4.79 Å². The molecule has 2 aromatic rings. The monoisotopic (exact) mass is 342 g/mol. The Morgan fingerprint density at radius 3 is 2.52 bits per heavy atom. The van der Waals surface area contributed by atoms with Crippen molar-refractivity contribution in [3.8, 4) is 11.5 Å². The van der Waals surface area contributed by atoms with Crippen molar-refractivity contribution < 1.29 is 23.8 Å². The first kappa shape index (κ1) is 16.6. The van der Waals surface area contributed by atoms with E-state index in [1.54, 1.807) is 42.5 Å². The molecule has 7 nitrogen and oxygen atoms in total. The summed E-state index contributed by atoms with van der Waals surface area (Å²) in [7, 11) is 0. The number of fused-ring (bicyclic) bond motifs is 1. The molecule has 3 N–H and O–H groups in total. The van der Waals surface area contributed by atoms with Gasteiger partial charge in [0.25, 0.3) is 5.91 Å². The predicted molar refractivity (Wildman–Crippen MR) is 91.8 cm³/mol. The van der Waals surface area contributed by atoms with Gasteiger partial charge >= 0.3 is 5.97 Å². The zero-order valence-electron chi connectivity index (χ0n) is 13.5. The molecule has 0 aromatic heterocycles. The molecule has 0 unspecified atom stereocenters. The van der Waals surface area contributed by atoms with Gasteiger partial charge < -0.3 is 25.3 Å². The van der Waals surface area contributed by atoms with Crippen molar-refractivity contribution in [3.63, 3.8) is 0 Å². The summed E-state index contributed by atoms with van der Waals surface area (Å²) in [5, 5.41) is 2.66. The normalized spacial score (nSPS) is 12.8. The molecule has 1 heterocycles. The lowest BCUT2D eigenvalue weighted by molar-refractivity contribution is -0.119. The molecule has 2 aromatic carbocycles. The van der Waals surface area contributed by atoms with E-state index in [1.807, 2.05) is 0 Å². The molecule has 1 aliphatic heterocycles. The maximum atomic E-state index is 12.0. The average Bonchev–Trinajstić information content (AvgIpc) is 2.85. The summed E-state index contributed by atoms with van der Waals surface area (Å²) >= 11 is 0. The number of ether oxygens (including phenoxy) is 3. The van der Waals surface area contributed by atoms with Gasteiger partial charge in [-0.2, -0.15) is 0 Å². The van der Waals surface area contributed by atoms with E-state index in [2.05, 4.69) is 5.32 Å². The minimum absolute atomic E-state index is 0.331. The highest BCUT2D eigenvalue weighted by Crippen LogP contribution is 2.32. The second-order valence-electron chi connectivity index (χ2n) is 5.46. The third kappa shape index (κ3) is 4.41. The van der Waals surface area contributed by atoms with Crippen LogP contribution in [0.1, 0.15) is 16.8 Å². The van der Waals surface area contributed by atoms with Crippen LogP contribution in [-0.4, -0.2) is 31.7 Å². The number of benzene rings is 2. The van der Waals surface area contributed by atoms with Gasteiger partial charge in [0.05, 0.1) is 18.8 Å². The van der Waals surface area contributed by atoms with Gasteiger partial charge in [0.1, 0.15) is 0 Å². The second-order valence-corrected chi connectivity index (χ2v) is 5.46. The van der Waals surface area contributed by atoms with Gasteiger partial charge in [-0.25, -0.2) is 4.79 Å². The molecule has 0 spiro atoms. The molecule has 0 atom stereocenters. The number of amides is 1. The second kappa shape index (κ2) is 7.57. The van der Waals surface area contributed by atoms with E-state index in [-0.39, 0.29) is 0 Å². The first-order valence-electron chi connectivity index (χ1n) is 7.84. The minimum atomic E-state index is -0.589. The third-order valence-electron chi connectivity index (χ3n) is 3.51. The SMILES string of the molecule is Nc1ccc(C(=O)OCC(=O)Nc2ccc3c(c2)OCCCO3)cc1. The lowest BCUT2D eigenvalue weighted by Crippen LogP contribution is -2.21. The van der Waals surface area contributed by atoms with E-state index in [9.17, 15) is 9.59 Å². The number of hydrogen-bond donors (Lipinski definition) is 2. The Labute approximate surface area is 144 Å². The Balaban J connectivity index is 1.55. The lowest BCUT2D eigenvalue weighted by Gasteiger charge is -2.10. The van der Waals surface area contributed by atoms with E-state index in [1.165, 1.54) is 0 Å². The Morgan fingerprint density at radius 1 is 1.04 bits per heavy atom. The number of anilines is 2. The summed E-state index contributed by atoms with van der Waals surface area (Å²) in [6, 6.07) is 11.4. The van der Waals surface area contributed by atoms with Crippen molar-refractivity contribution in [2.24, 2.45) is 0 Å². The van der Waals surface area contributed by atoms with E-state index >= 15 is 0 Å². The molecule has 1 aliphatic rings. The van der Waals surface area contributed by atoms with Crippen LogP contribution >= 0.6 is 0 Å². The molecule has 0 saturated carbocycles. The summed E-state index contributed by atoms with van der Waals surface area (Å²) in [6.07, 6.45) is 0.803. The van der Waals surface area contributed by atoms with E-state index < -0.39 is 18.5 Å². The maximum Gasteiger partial charge on any atom is 0.338 e. The topological polar surface area (TPSA) is 99.9 Å². The molecule has 0 radical (unpaired) electrons. The van der Waals surface area contributed by atoms with Crippen LogP contribution in [0.25, 0.3) is 0 Å². The fourth-order valence-corrected chi connectivity index (χ4v) is 2.27. The Kier molecular flexibility index (Phi) is 5.03. The molecular formula is C18H18N2O5. The van der Waals surface area contributed by atoms with Crippen molar-refractivity contribution in [2.75, 3.05) is 30.9 Å². The summed E-state index contributed by atoms with van der Waals surface area (Å²) in [4.78, 5) is 23.8. The van der Waals surface area contributed by atoms with E-state index in [0.717, 1.165) is 6.42 Å². The number of nitrogen functional groups attached to an aromatic ring is 1. The highest BCUT2D eigenvalue weighted by atomic mass is 16.5. The van der Waals surface area contributed by atoms with Crippen LogP contribution in [0, 0.1) is 0 Å². The molecule has 0 aliphatic carbocycles. The number of carbonyl (C=O) groups excluding carboxylic acids is 2. The smallest absolute Gasteiger partial charge is 0.338 e. The predicted octanol–water partition coefficient (Wildman–Crippen LogP) is 2.23. The first-order valence-corrected chi connectivity index (χ1v) is 7.84. The minimum Gasteiger partial charge on any atom is -0.490 e. The molecule has 0 saturated heterocycles. The Bertz CT molecular complexity index is 774. The standard InChI is InChI=1S/C18H18N2O5/c19-13-4-2-12(3-5-13)18(22)25-11-17(21)20-14-6-7-15-16(10-14)24-9-1-8-23-15/h2-7,10H,1,8-9,11,19H2,(H,20,21). The molecule has 0 bridgehead atoms. The highest BCUT2D eigenvalue weighted by Gasteiger charge is 2.13. The van der Waals surface area contributed by atoms with Gasteiger partial charge in [-0.1, -0.05) is 0 Å². The van der Waals surface area contributed by atoms with Crippen LogP contribution in [0.5, 0.6) is 11.5 Å². The highest BCUT2D eigenvalue weighted by molar-refractivity contribution is 5.95. The van der Waals surface area contributed by atoms with E-state index in [0.29, 0.717) is 41.7 Å². The van der Waals surface area contributed by atoms with Crippen molar-refractivity contribution in [1.29, 1.82) is 0 Å². The summed E-state index contributed by atoms with van der Waals surface area (Å²) in [5.74, 6) is 0.187. The zero-order valence-corrected chi connectivity index (χ0v) is 13.5. The largest absolute Gasteiger partial charge is 0.490 e. The molecule has 25 heavy (non-hydrogen) atoms. The number of carbonyl (C=O) groups is 2. The maximum absolute atomic E-state index is 12.0. The Morgan fingerprint density at radius 2 is 1.76 bits per heavy atom. The molecule has 0 fully saturated rings. The molecule has 7 heteroatoms. The van der Waals surface area contributed by atoms with Gasteiger partial charge in [0.2, 0.25) is 0 Å². The van der Waals surface area contributed by atoms with E-state index in [4.69, 9.17) is 19.9 Å². The van der Waals surface area contributed by atoms with Crippen molar-refractivity contribution in [2.45, 2.75) is 6.42 Å². The van der Waals surface area contributed by atoms with Gasteiger partial charge in [0, 0.05) is 23.9 Å². The molecule has 130 valence electrons. The van der Waals surface area contributed by atoms with Crippen LogP contribution in [0.15, 0.2) is 42.5 Å². The lowest BCUT2D eigenvalue weighted by atomic mass is 10.2. The first-order chi connectivity index (χ1) is 12.1. The number of nitrogens with two attached hydrogens (primary N) is 1. The van der Waals surface area contributed by atoms with Crippen LogP contribution in [0.2, 0.25) is 0 Å². The van der Waals surface area contributed by atoms with Gasteiger partial charge in [-0.15, -0.1) is 0 Å². The van der Waals surface area contributed by atoms with Crippen molar-refractivity contribution in [1.82, 2.24) is 0 Å². The Hall–Kier alpha value is -3.22. The van der Waals surface area contributed by atoms with Crippen molar-refractivity contribution >= 4 is 23.3 Å². The zero-order chi connectivity index (χ0) is 17.6.